The smallest absolute Gasteiger partial charge is 0.243 e. The minimum absolute atomic E-state index is 0.186. The second-order valence-electron chi connectivity index (χ2n) is 6.55. The van der Waals surface area contributed by atoms with Gasteiger partial charge in [-0.3, -0.25) is 9.78 Å². The van der Waals surface area contributed by atoms with Crippen LogP contribution in [0, 0.1) is 5.92 Å². The van der Waals surface area contributed by atoms with Gasteiger partial charge in [-0.05, 0) is 49.8 Å². The molecule has 1 amide bonds. The van der Waals surface area contributed by atoms with E-state index in [-0.39, 0.29) is 18.1 Å². The molecule has 3 aliphatic rings. The summed E-state index contributed by atoms with van der Waals surface area (Å²) in [6.45, 7) is 0.290. The van der Waals surface area contributed by atoms with Crippen molar-refractivity contribution in [2.45, 2.75) is 49.6 Å². The number of pyridine rings is 1. The van der Waals surface area contributed by atoms with E-state index in [1.165, 1.54) is 5.56 Å². The molecule has 0 radical (unpaired) electrons. The van der Waals surface area contributed by atoms with E-state index in [4.69, 9.17) is 4.74 Å². The molecule has 3 saturated heterocycles. The van der Waals surface area contributed by atoms with Gasteiger partial charge in [0.2, 0.25) is 15.9 Å². The third kappa shape index (κ3) is 2.37. The summed E-state index contributed by atoms with van der Waals surface area (Å²) in [4.78, 5) is 16.5. The predicted molar refractivity (Wildman–Crippen MR) is 83.0 cm³/mol. The number of carbonyl (C=O) groups is 1. The molecular formula is C16H20N2O4S. The van der Waals surface area contributed by atoms with Crippen LogP contribution in [0.15, 0.2) is 24.5 Å². The van der Waals surface area contributed by atoms with Gasteiger partial charge in [-0.1, -0.05) is 0 Å². The molecule has 4 atom stereocenters. The van der Waals surface area contributed by atoms with Crippen LogP contribution in [0.2, 0.25) is 0 Å². The van der Waals surface area contributed by atoms with Crippen LogP contribution in [0.25, 0.3) is 0 Å². The number of ether oxygens (including phenoxy) is 1. The number of amides is 1. The van der Waals surface area contributed by atoms with Gasteiger partial charge in [0.1, 0.15) is 5.25 Å². The molecule has 2 bridgehead atoms. The van der Waals surface area contributed by atoms with E-state index < -0.39 is 21.2 Å². The van der Waals surface area contributed by atoms with Gasteiger partial charge in [-0.25, -0.2) is 12.7 Å². The number of hydrogen-bond acceptors (Lipinski definition) is 5. The summed E-state index contributed by atoms with van der Waals surface area (Å²) in [7, 11) is -3.54. The van der Waals surface area contributed by atoms with Crippen molar-refractivity contribution in [1.82, 2.24) is 9.29 Å². The summed E-state index contributed by atoms with van der Waals surface area (Å²) < 4.78 is 32.1. The Morgan fingerprint density at radius 1 is 1.17 bits per heavy atom. The molecule has 0 aromatic carbocycles. The maximum Gasteiger partial charge on any atom is 0.243 e. The molecule has 3 fully saturated rings. The first-order valence-electron chi connectivity index (χ1n) is 8.19. The lowest BCUT2D eigenvalue weighted by Crippen LogP contribution is -2.36. The molecule has 1 aromatic rings. The van der Waals surface area contributed by atoms with E-state index in [0.717, 1.165) is 30.0 Å². The molecule has 7 heteroatoms. The Bertz CT molecular complexity index is 706. The van der Waals surface area contributed by atoms with Crippen molar-refractivity contribution in [3.05, 3.63) is 30.1 Å². The molecule has 4 rings (SSSR count). The van der Waals surface area contributed by atoms with E-state index >= 15 is 0 Å². The SMILES string of the molecule is O=C1C2C3CCC(O3)C2S(=O)(=O)N1CCCCc1ccncc1. The highest BCUT2D eigenvalue weighted by molar-refractivity contribution is 7.90. The first-order valence-corrected chi connectivity index (χ1v) is 9.69. The molecule has 3 aliphatic heterocycles. The van der Waals surface area contributed by atoms with Gasteiger partial charge >= 0.3 is 0 Å². The fourth-order valence-corrected chi connectivity index (χ4v) is 6.42. The van der Waals surface area contributed by atoms with Crippen LogP contribution in [0.4, 0.5) is 0 Å². The molecule has 23 heavy (non-hydrogen) atoms. The van der Waals surface area contributed by atoms with E-state index in [1.54, 1.807) is 12.4 Å². The van der Waals surface area contributed by atoms with Crippen LogP contribution in [0.3, 0.4) is 0 Å². The molecule has 4 heterocycles. The number of nitrogens with zero attached hydrogens (tertiary/aromatic N) is 2. The van der Waals surface area contributed by atoms with Crippen LogP contribution in [0.1, 0.15) is 31.2 Å². The lowest BCUT2D eigenvalue weighted by Gasteiger charge is -2.19. The van der Waals surface area contributed by atoms with E-state index in [0.29, 0.717) is 13.0 Å². The summed E-state index contributed by atoms with van der Waals surface area (Å²) in [5, 5.41) is -0.631. The van der Waals surface area contributed by atoms with Gasteiger partial charge in [0, 0.05) is 18.9 Å². The molecule has 4 unspecified atom stereocenters. The van der Waals surface area contributed by atoms with Gasteiger partial charge in [-0.15, -0.1) is 0 Å². The number of carbonyl (C=O) groups excluding carboxylic acids is 1. The second kappa shape index (κ2) is 5.56. The minimum atomic E-state index is -3.54. The van der Waals surface area contributed by atoms with Crippen molar-refractivity contribution < 1.29 is 17.9 Å². The monoisotopic (exact) mass is 336 g/mol. The summed E-state index contributed by atoms with van der Waals surface area (Å²) in [5.74, 6) is -0.704. The topological polar surface area (TPSA) is 76.6 Å². The van der Waals surface area contributed by atoms with Crippen LogP contribution in [-0.4, -0.2) is 47.6 Å². The Kier molecular flexibility index (Phi) is 3.65. The fourth-order valence-electron chi connectivity index (χ4n) is 4.12. The highest BCUT2D eigenvalue weighted by Crippen LogP contribution is 2.48. The fraction of sp³-hybridized carbons (Fsp3) is 0.625. The molecule has 0 N–H and O–H groups in total. The van der Waals surface area contributed by atoms with Crippen molar-refractivity contribution in [3.8, 4) is 0 Å². The molecule has 1 aromatic heterocycles. The van der Waals surface area contributed by atoms with Crippen molar-refractivity contribution >= 4 is 15.9 Å². The van der Waals surface area contributed by atoms with Crippen LogP contribution >= 0.6 is 0 Å². The minimum Gasteiger partial charge on any atom is -0.373 e. The molecule has 6 nitrogen and oxygen atoms in total. The Labute approximate surface area is 135 Å². The second-order valence-corrected chi connectivity index (χ2v) is 8.56. The summed E-state index contributed by atoms with van der Waals surface area (Å²) in [6, 6.07) is 3.91. The molecular weight excluding hydrogens is 316 g/mol. The average Bonchev–Trinajstić information content (AvgIpc) is 3.20. The number of rotatable bonds is 5. The van der Waals surface area contributed by atoms with Crippen molar-refractivity contribution in [1.29, 1.82) is 0 Å². The van der Waals surface area contributed by atoms with Gasteiger partial charge in [0.25, 0.3) is 0 Å². The largest absolute Gasteiger partial charge is 0.373 e. The summed E-state index contributed by atoms with van der Waals surface area (Å²) >= 11 is 0. The van der Waals surface area contributed by atoms with Gasteiger partial charge < -0.3 is 4.74 Å². The highest BCUT2D eigenvalue weighted by Gasteiger charge is 2.65. The first-order chi connectivity index (χ1) is 11.1. The Morgan fingerprint density at radius 2 is 1.91 bits per heavy atom. The lowest BCUT2D eigenvalue weighted by atomic mass is 9.88. The molecule has 0 aliphatic carbocycles. The Hall–Kier alpha value is -1.47. The number of sulfonamides is 1. The lowest BCUT2D eigenvalue weighted by molar-refractivity contribution is -0.130. The number of aryl methyl sites for hydroxylation is 1. The molecule has 0 spiro atoms. The zero-order chi connectivity index (χ0) is 16.0. The summed E-state index contributed by atoms with van der Waals surface area (Å²) in [6.07, 6.45) is 7.00. The van der Waals surface area contributed by atoms with Gasteiger partial charge in [0.15, 0.2) is 0 Å². The van der Waals surface area contributed by atoms with E-state index in [2.05, 4.69) is 4.98 Å². The third-order valence-electron chi connectivity index (χ3n) is 5.21. The summed E-state index contributed by atoms with van der Waals surface area (Å²) in [5.41, 5.74) is 1.18. The quantitative estimate of drug-likeness (QED) is 0.753. The van der Waals surface area contributed by atoms with Crippen LogP contribution in [-0.2, 0) is 26.0 Å². The van der Waals surface area contributed by atoms with Crippen molar-refractivity contribution in [3.63, 3.8) is 0 Å². The zero-order valence-corrected chi connectivity index (χ0v) is 13.6. The maximum atomic E-state index is 12.7. The number of fused-ring (bicyclic) bond motifs is 5. The van der Waals surface area contributed by atoms with Gasteiger partial charge in [0.05, 0.1) is 18.1 Å². The Morgan fingerprint density at radius 3 is 2.65 bits per heavy atom. The van der Waals surface area contributed by atoms with Crippen LogP contribution in [0.5, 0.6) is 0 Å². The van der Waals surface area contributed by atoms with E-state index in [1.807, 2.05) is 12.1 Å². The predicted octanol–water partition coefficient (Wildman–Crippen LogP) is 1.12. The first kappa shape index (κ1) is 15.1. The van der Waals surface area contributed by atoms with Crippen molar-refractivity contribution in [2.24, 2.45) is 5.92 Å². The number of aromatic nitrogens is 1. The van der Waals surface area contributed by atoms with Gasteiger partial charge in [-0.2, -0.15) is 0 Å². The number of hydrogen-bond donors (Lipinski definition) is 0. The highest BCUT2D eigenvalue weighted by atomic mass is 32.2. The molecule has 0 saturated carbocycles. The number of unbranched alkanes of at least 4 members (excludes halogenated alkanes) is 1. The van der Waals surface area contributed by atoms with E-state index in [9.17, 15) is 13.2 Å². The third-order valence-corrected chi connectivity index (χ3v) is 7.48. The van der Waals surface area contributed by atoms with Crippen molar-refractivity contribution in [2.75, 3.05) is 6.54 Å². The average molecular weight is 336 g/mol. The zero-order valence-electron chi connectivity index (χ0n) is 12.8. The molecule has 124 valence electrons. The normalized spacial score (nSPS) is 34.1. The Balaban J connectivity index is 1.39. The standard InChI is InChI=1S/C16H20N2O4S/c19-16-14-12-4-5-13(22-12)15(14)23(20,21)18(16)10-2-1-3-11-6-8-17-9-7-11/h6-9,12-15H,1-5,10H2. The maximum absolute atomic E-state index is 12.7. The van der Waals surface area contributed by atoms with Crippen LogP contribution < -0.4 is 0 Å².